The van der Waals surface area contributed by atoms with Crippen molar-refractivity contribution in [1.82, 2.24) is 0 Å². The monoisotopic (exact) mass is 337 g/mol. The SMILES string of the molecule is O=C(CCCCl)Nc1ccc(-c2ccc(Cl)cc2)c(CO)c1. The van der Waals surface area contributed by atoms with Gasteiger partial charge in [-0.2, -0.15) is 0 Å². The summed E-state index contributed by atoms with van der Waals surface area (Å²) in [7, 11) is 0. The number of carbonyl (C=O) groups excluding carboxylic acids is 1. The second kappa shape index (κ2) is 8.18. The van der Waals surface area contributed by atoms with Crippen LogP contribution >= 0.6 is 23.2 Å². The molecule has 0 spiro atoms. The topological polar surface area (TPSA) is 49.3 Å². The number of hydrogen-bond donors (Lipinski definition) is 2. The minimum atomic E-state index is -0.108. The highest BCUT2D eigenvalue weighted by atomic mass is 35.5. The molecule has 0 radical (unpaired) electrons. The summed E-state index contributed by atoms with van der Waals surface area (Å²) < 4.78 is 0. The van der Waals surface area contributed by atoms with Gasteiger partial charge in [-0.05, 0) is 47.4 Å². The van der Waals surface area contributed by atoms with Gasteiger partial charge >= 0.3 is 0 Å². The number of carbonyl (C=O) groups is 1. The van der Waals surface area contributed by atoms with Crippen molar-refractivity contribution in [3.63, 3.8) is 0 Å². The van der Waals surface area contributed by atoms with E-state index in [0.29, 0.717) is 29.4 Å². The van der Waals surface area contributed by atoms with E-state index in [9.17, 15) is 9.90 Å². The molecule has 2 rings (SSSR count). The van der Waals surface area contributed by atoms with Crippen molar-refractivity contribution in [3.8, 4) is 11.1 Å². The minimum absolute atomic E-state index is 0.0798. The maximum Gasteiger partial charge on any atom is 0.224 e. The molecule has 0 fully saturated rings. The van der Waals surface area contributed by atoms with E-state index in [4.69, 9.17) is 23.2 Å². The Morgan fingerprint density at radius 3 is 2.50 bits per heavy atom. The van der Waals surface area contributed by atoms with Crippen molar-refractivity contribution in [2.45, 2.75) is 19.4 Å². The predicted octanol–water partition coefficient (Wildman–Crippen LogP) is 4.46. The fourth-order valence-corrected chi connectivity index (χ4v) is 2.42. The summed E-state index contributed by atoms with van der Waals surface area (Å²) in [4.78, 5) is 11.7. The van der Waals surface area contributed by atoms with Crippen LogP contribution in [-0.4, -0.2) is 16.9 Å². The zero-order chi connectivity index (χ0) is 15.9. The molecule has 0 heterocycles. The average Bonchev–Trinajstić information content (AvgIpc) is 2.53. The molecule has 0 bridgehead atoms. The summed E-state index contributed by atoms with van der Waals surface area (Å²) in [5.74, 6) is 0.383. The molecule has 116 valence electrons. The van der Waals surface area contributed by atoms with Crippen LogP contribution in [0.2, 0.25) is 5.02 Å². The number of aliphatic hydroxyl groups is 1. The van der Waals surface area contributed by atoms with Crippen molar-refractivity contribution in [2.24, 2.45) is 0 Å². The number of hydrogen-bond acceptors (Lipinski definition) is 2. The number of alkyl halides is 1. The molecule has 0 unspecified atom stereocenters. The lowest BCUT2D eigenvalue weighted by molar-refractivity contribution is -0.116. The smallest absolute Gasteiger partial charge is 0.224 e. The van der Waals surface area contributed by atoms with Crippen molar-refractivity contribution < 1.29 is 9.90 Å². The van der Waals surface area contributed by atoms with Crippen LogP contribution in [0.15, 0.2) is 42.5 Å². The van der Waals surface area contributed by atoms with Gasteiger partial charge in [0, 0.05) is 23.0 Å². The summed E-state index contributed by atoms with van der Waals surface area (Å²) in [5, 5.41) is 13.1. The third kappa shape index (κ3) is 4.47. The molecule has 5 heteroatoms. The lowest BCUT2D eigenvalue weighted by Gasteiger charge is -2.11. The molecular formula is C17H17Cl2NO2. The van der Waals surface area contributed by atoms with Gasteiger partial charge in [0.25, 0.3) is 0 Å². The quantitative estimate of drug-likeness (QED) is 0.764. The van der Waals surface area contributed by atoms with Crippen molar-refractivity contribution in [2.75, 3.05) is 11.2 Å². The highest BCUT2D eigenvalue weighted by Crippen LogP contribution is 2.28. The van der Waals surface area contributed by atoms with Crippen molar-refractivity contribution in [3.05, 3.63) is 53.1 Å². The van der Waals surface area contributed by atoms with Crippen LogP contribution in [0, 0.1) is 0 Å². The number of rotatable bonds is 6. The Morgan fingerprint density at radius 2 is 1.86 bits per heavy atom. The van der Waals surface area contributed by atoms with Gasteiger partial charge in [0.15, 0.2) is 0 Å². The summed E-state index contributed by atoms with van der Waals surface area (Å²) in [6.45, 7) is -0.108. The second-order valence-corrected chi connectivity index (χ2v) is 5.69. The van der Waals surface area contributed by atoms with E-state index in [1.165, 1.54) is 0 Å². The van der Waals surface area contributed by atoms with E-state index in [1.807, 2.05) is 24.3 Å². The molecule has 1 amide bonds. The van der Waals surface area contributed by atoms with E-state index in [1.54, 1.807) is 18.2 Å². The third-order valence-corrected chi connectivity index (χ3v) is 3.77. The lowest BCUT2D eigenvalue weighted by atomic mass is 9.99. The fourth-order valence-electron chi connectivity index (χ4n) is 2.16. The van der Waals surface area contributed by atoms with Gasteiger partial charge in [0.05, 0.1) is 6.61 Å². The van der Waals surface area contributed by atoms with E-state index in [-0.39, 0.29) is 12.5 Å². The average molecular weight is 338 g/mol. The van der Waals surface area contributed by atoms with Gasteiger partial charge in [-0.3, -0.25) is 4.79 Å². The highest BCUT2D eigenvalue weighted by Gasteiger charge is 2.08. The number of nitrogens with one attached hydrogen (secondary N) is 1. The number of halogens is 2. The zero-order valence-corrected chi connectivity index (χ0v) is 13.5. The molecule has 0 aliphatic carbocycles. The van der Waals surface area contributed by atoms with E-state index in [0.717, 1.165) is 16.7 Å². The largest absolute Gasteiger partial charge is 0.392 e. The Kier molecular flexibility index (Phi) is 6.25. The predicted molar refractivity (Wildman–Crippen MR) is 91.4 cm³/mol. The molecule has 0 aliphatic heterocycles. The van der Waals surface area contributed by atoms with Crippen LogP contribution in [0.3, 0.4) is 0 Å². The van der Waals surface area contributed by atoms with Gasteiger partial charge in [-0.15, -0.1) is 11.6 Å². The van der Waals surface area contributed by atoms with Crippen molar-refractivity contribution >= 4 is 34.8 Å². The second-order valence-electron chi connectivity index (χ2n) is 4.88. The Balaban J connectivity index is 2.20. The normalized spacial score (nSPS) is 10.5. The standard InChI is InChI=1S/C17H17Cl2NO2/c18-9-1-2-17(22)20-15-7-8-16(13(10-15)11-21)12-3-5-14(19)6-4-12/h3-8,10,21H,1-2,9,11H2,(H,20,22). The van der Waals surface area contributed by atoms with Gasteiger partial charge in [-0.1, -0.05) is 29.8 Å². The van der Waals surface area contributed by atoms with Crippen LogP contribution in [0.25, 0.3) is 11.1 Å². The Hall–Kier alpha value is -1.55. The Morgan fingerprint density at radius 1 is 1.14 bits per heavy atom. The summed E-state index contributed by atoms with van der Waals surface area (Å²) in [6.07, 6.45) is 1.03. The first kappa shape index (κ1) is 16.8. The maximum atomic E-state index is 11.7. The third-order valence-electron chi connectivity index (χ3n) is 3.25. The molecule has 2 aromatic carbocycles. The van der Waals surface area contributed by atoms with Gasteiger partial charge in [0.1, 0.15) is 0 Å². The Labute approximate surface area is 139 Å². The van der Waals surface area contributed by atoms with Crippen LogP contribution in [0.1, 0.15) is 18.4 Å². The van der Waals surface area contributed by atoms with Gasteiger partial charge in [0.2, 0.25) is 5.91 Å². The molecule has 2 aromatic rings. The van der Waals surface area contributed by atoms with E-state index >= 15 is 0 Å². The number of aliphatic hydroxyl groups excluding tert-OH is 1. The first-order chi connectivity index (χ1) is 10.6. The molecule has 0 saturated heterocycles. The molecule has 0 aliphatic rings. The van der Waals surface area contributed by atoms with Gasteiger partial charge in [-0.25, -0.2) is 0 Å². The zero-order valence-electron chi connectivity index (χ0n) is 12.0. The minimum Gasteiger partial charge on any atom is -0.392 e. The van der Waals surface area contributed by atoms with Crippen molar-refractivity contribution in [1.29, 1.82) is 0 Å². The fraction of sp³-hybridized carbons (Fsp3) is 0.235. The molecule has 22 heavy (non-hydrogen) atoms. The Bertz CT molecular complexity index is 642. The first-order valence-corrected chi connectivity index (χ1v) is 7.91. The molecule has 0 saturated carbocycles. The maximum absolute atomic E-state index is 11.7. The molecular weight excluding hydrogens is 321 g/mol. The first-order valence-electron chi connectivity index (χ1n) is 6.99. The lowest BCUT2D eigenvalue weighted by Crippen LogP contribution is -2.11. The highest BCUT2D eigenvalue weighted by molar-refractivity contribution is 6.30. The van der Waals surface area contributed by atoms with Gasteiger partial charge < -0.3 is 10.4 Å². The van der Waals surface area contributed by atoms with Crippen LogP contribution in [-0.2, 0) is 11.4 Å². The van der Waals surface area contributed by atoms with Crippen LogP contribution < -0.4 is 5.32 Å². The summed E-state index contributed by atoms with van der Waals surface area (Å²) >= 11 is 11.5. The van der Waals surface area contributed by atoms with Crippen LogP contribution in [0.5, 0.6) is 0 Å². The van der Waals surface area contributed by atoms with Crippen LogP contribution in [0.4, 0.5) is 5.69 Å². The van der Waals surface area contributed by atoms with E-state index in [2.05, 4.69) is 5.32 Å². The summed E-state index contributed by atoms with van der Waals surface area (Å²) in [5.41, 5.74) is 3.30. The molecule has 2 N–H and O–H groups in total. The molecule has 0 atom stereocenters. The molecule has 3 nitrogen and oxygen atoms in total. The number of benzene rings is 2. The number of amides is 1. The summed E-state index contributed by atoms with van der Waals surface area (Å²) in [6, 6.07) is 12.9. The number of anilines is 1. The molecule has 0 aromatic heterocycles. The van der Waals surface area contributed by atoms with E-state index < -0.39 is 0 Å².